The highest BCUT2D eigenvalue weighted by atomic mass is 32.1. The van der Waals surface area contributed by atoms with Crippen LogP contribution in [0.4, 0.5) is 5.69 Å². The van der Waals surface area contributed by atoms with Crippen molar-refractivity contribution in [1.29, 1.82) is 0 Å². The van der Waals surface area contributed by atoms with Gasteiger partial charge in [-0.05, 0) is 66.2 Å². The molecular formula is C34H32N4O4S. The molecule has 43 heavy (non-hydrogen) atoms. The average Bonchev–Trinajstić information content (AvgIpc) is 3.39. The lowest BCUT2D eigenvalue weighted by atomic mass is 9.77. The van der Waals surface area contributed by atoms with Crippen molar-refractivity contribution < 1.29 is 19.0 Å². The summed E-state index contributed by atoms with van der Waals surface area (Å²) in [6.07, 6.45) is 0.303. The minimum absolute atomic E-state index is 0.0260. The van der Waals surface area contributed by atoms with Gasteiger partial charge in [0.05, 0.1) is 44.4 Å². The van der Waals surface area contributed by atoms with Crippen LogP contribution in [0, 0.1) is 5.92 Å². The molecule has 1 aliphatic heterocycles. The van der Waals surface area contributed by atoms with Crippen LogP contribution in [0.15, 0.2) is 113 Å². The van der Waals surface area contributed by atoms with E-state index in [1.165, 1.54) is 5.01 Å². The van der Waals surface area contributed by atoms with E-state index in [0.29, 0.717) is 46.3 Å². The molecule has 0 radical (unpaired) electrons. The second-order valence-electron chi connectivity index (χ2n) is 9.86. The third-order valence-corrected chi connectivity index (χ3v) is 7.46. The Kier molecular flexibility index (Phi) is 9.12. The van der Waals surface area contributed by atoms with Gasteiger partial charge in [0.2, 0.25) is 0 Å². The van der Waals surface area contributed by atoms with Crippen LogP contribution in [-0.2, 0) is 4.79 Å². The van der Waals surface area contributed by atoms with Crippen molar-refractivity contribution in [1.82, 2.24) is 0 Å². The number of hydrogen-bond donors (Lipinski definition) is 1. The topological polar surface area (TPSA) is 98.7 Å². The van der Waals surface area contributed by atoms with Crippen molar-refractivity contribution in [2.75, 3.05) is 26.3 Å². The molecule has 5 rings (SSSR count). The molecule has 1 aliphatic rings. The van der Waals surface area contributed by atoms with Gasteiger partial charge in [-0.2, -0.15) is 10.1 Å². The Morgan fingerprint density at radius 1 is 0.884 bits per heavy atom. The zero-order chi connectivity index (χ0) is 30.3. The first kappa shape index (κ1) is 29.5. The summed E-state index contributed by atoms with van der Waals surface area (Å²) in [7, 11) is 4.79. The highest BCUT2D eigenvalue weighted by Crippen LogP contribution is 2.40. The van der Waals surface area contributed by atoms with E-state index in [0.717, 1.165) is 11.1 Å². The Bertz CT molecular complexity index is 1660. The Labute approximate surface area is 256 Å². The van der Waals surface area contributed by atoms with E-state index in [-0.39, 0.29) is 11.0 Å². The summed E-state index contributed by atoms with van der Waals surface area (Å²) in [4.78, 5) is 19.0. The fourth-order valence-corrected chi connectivity index (χ4v) is 5.41. The SMILES string of the molecule is COc1ccc(C(C/C(=N/C(N)=S)c2ccc(OC)cc2OC)C2C(=O)N(c3ccccc3)N=C2c2ccccc2)cc1. The lowest BCUT2D eigenvalue weighted by Gasteiger charge is -2.26. The van der Waals surface area contributed by atoms with Crippen molar-refractivity contribution in [2.45, 2.75) is 12.3 Å². The number of ether oxygens (including phenoxy) is 3. The van der Waals surface area contributed by atoms with Gasteiger partial charge in [-0.1, -0.05) is 60.7 Å². The normalized spacial score (nSPS) is 15.6. The van der Waals surface area contributed by atoms with Gasteiger partial charge in [0.25, 0.3) is 5.91 Å². The highest BCUT2D eigenvalue weighted by molar-refractivity contribution is 7.80. The zero-order valence-corrected chi connectivity index (χ0v) is 25.0. The van der Waals surface area contributed by atoms with Gasteiger partial charge in [0.15, 0.2) is 5.11 Å². The van der Waals surface area contributed by atoms with Gasteiger partial charge in [-0.25, -0.2) is 4.99 Å². The highest BCUT2D eigenvalue weighted by Gasteiger charge is 2.43. The molecule has 218 valence electrons. The molecule has 9 heteroatoms. The molecule has 0 saturated heterocycles. The second kappa shape index (κ2) is 13.3. The first-order chi connectivity index (χ1) is 20.9. The lowest BCUT2D eigenvalue weighted by molar-refractivity contribution is -0.120. The van der Waals surface area contributed by atoms with E-state index in [1.807, 2.05) is 97.1 Å². The Hall–Kier alpha value is -5.02. The number of nitrogens with zero attached hydrogens (tertiary/aromatic N) is 3. The number of para-hydroxylation sites is 1. The predicted octanol–water partition coefficient (Wildman–Crippen LogP) is 5.99. The summed E-state index contributed by atoms with van der Waals surface area (Å²) in [5.41, 5.74) is 10.4. The molecule has 0 saturated carbocycles. The maximum absolute atomic E-state index is 14.4. The Morgan fingerprint density at radius 3 is 2.12 bits per heavy atom. The summed E-state index contributed by atoms with van der Waals surface area (Å²) in [5.74, 6) is 0.662. The minimum atomic E-state index is -0.656. The van der Waals surface area contributed by atoms with Gasteiger partial charge in [-0.15, -0.1) is 0 Å². The third kappa shape index (κ3) is 6.42. The van der Waals surface area contributed by atoms with Crippen LogP contribution in [0.25, 0.3) is 0 Å². The van der Waals surface area contributed by atoms with Crippen molar-refractivity contribution in [2.24, 2.45) is 21.7 Å². The Balaban J connectivity index is 1.68. The summed E-state index contributed by atoms with van der Waals surface area (Å²) < 4.78 is 16.6. The van der Waals surface area contributed by atoms with Crippen LogP contribution in [0.2, 0.25) is 0 Å². The lowest BCUT2D eigenvalue weighted by Crippen LogP contribution is -2.33. The fraction of sp³-hybridized carbons (Fsp3) is 0.176. The zero-order valence-electron chi connectivity index (χ0n) is 24.1. The number of hydrogen-bond acceptors (Lipinski definition) is 6. The Morgan fingerprint density at radius 2 is 1.51 bits per heavy atom. The smallest absolute Gasteiger partial charge is 0.257 e. The second-order valence-corrected chi connectivity index (χ2v) is 10.3. The number of hydrazone groups is 1. The molecule has 8 nitrogen and oxygen atoms in total. The maximum atomic E-state index is 14.4. The van der Waals surface area contributed by atoms with E-state index in [1.54, 1.807) is 27.4 Å². The summed E-state index contributed by atoms with van der Waals surface area (Å²) in [6.45, 7) is 0. The molecule has 2 N–H and O–H groups in total. The van der Waals surface area contributed by atoms with Crippen LogP contribution in [0.3, 0.4) is 0 Å². The molecule has 0 aliphatic carbocycles. The number of thiocarbonyl (C=S) groups is 1. The van der Waals surface area contributed by atoms with Crippen molar-refractivity contribution in [3.63, 3.8) is 0 Å². The average molecular weight is 593 g/mol. The van der Waals surface area contributed by atoms with E-state index >= 15 is 0 Å². The molecule has 1 heterocycles. The number of nitrogens with two attached hydrogens (primary N) is 1. The van der Waals surface area contributed by atoms with E-state index < -0.39 is 11.8 Å². The third-order valence-electron chi connectivity index (χ3n) is 7.37. The molecule has 4 aromatic carbocycles. The molecule has 0 fully saturated rings. The summed E-state index contributed by atoms with van der Waals surface area (Å²) in [6, 6.07) is 32.3. The van der Waals surface area contributed by atoms with E-state index in [2.05, 4.69) is 4.99 Å². The van der Waals surface area contributed by atoms with Gasteiger partial charge in [-0.3, -0.25) is 4.79 Å². The molecular weight excluding hydrogens is 560 g/mol. The fourth-order valence-electron chi connectivity index (χ4n) is 5.30. The van der Waals surface area contributed by atoms with Crippen molar-refractivity contribution >= 4 is 40.3 Å². The van der Waals surface area contributed by atoms with E-state index in [9.17, 15) is 4.79 Å². The number of methoxy groups -OCH3 is 3. The van der Waals surface area contributed by atoms with Gasteiger partial charge >= 0.3 is 0 Å². The molecule has 4 aromatic rings. The first-order valence-corrected chi connectivity index (χ1v) is 14.1. The number of rotatable bonds is 10. The maximum Gasteiger partial charge on any atom is 0.257 e. The number of carbonyl (C=O) groups excluding carboxylic acids is 1. The van der Waals surface area contributed by atoms with Gasteiger partial charge in [0.1, 0.15) is 17.2 Å². The van der Waals surface area contributed by atoms with Crippen LogP contribution in [0.1, 0.15) is 29.0 Å². The molecule has 0 bridgehead atoms. The van der Waals surface area contributed by atoms with Crippen LogP contribution >= 0.6 is 12.2 Å². The molecule has 2 atom stereocenters. The summed E-state index contributed by atoms with van der Waals surface area (Å²) >= 11 is 5.25. The monoisotopic (exact) mass is 592 g/mol. The van der Waals surface area contributed by atoms with Crippen LogP contribution in [-0.4, -0.2) is 43.8 Å². The predicted molar refractivity (Wildman–Crippen MR) is 174 cm³/mol. The largest absolute Gasteiger partial charge is 0.497 e. The standard InChI is InChI=1S/C34H32N4O4S/c1-40-25-16-14-22(15-17-25)28(21-29(36-34(35)43)27-19-18-26(41-2)20-30(27)42-3)31-32(23-10-6-4-7-11-23)37-38(33(31)39)24-12-8-5-9-13-24/h4-20,28,31H,21H2,1-3H3,(H2,35,43)/b36-29-. The molecule has 0 spiro atoms. The van der Waals surface area contributed by atoms with E-state index in [4.69, 9.17) is 37.3 Å². The molecule has 1 amide bonds. The number of aliphatic imine (C=N–C) groups is 1. The molecule has 0 aromatic heterocycles. The number of benzene rings is 4. The minimum Gasteiger partial charge on any atom is -0.497 e. The van der Waals surface area contributed by atoms with Gasteiger partial charge in [0, 0.05) is 17.5 Å². The number of carbonyl (C=O) groups is 1. The number of anilines is 1. The van der Waals surface area contributed by atoms with Crippen LogP contribution in [0.5, 0.6) is 17.2 Å². The van der Waals surface area contributed by atoms with Crippen molar-refractivity contribution in [3.8, 4) is 17.2 Å². The van der Waals surface area contributed by atoms with Gasteiger partial charge < -0.3 is 19.9 Å². The van der Waals surface area contributed by atoms with Crippen LogP contribution < -0.4 is 25.0 Å². The molecule has 2 unspecified atom stereocenters. The quantitative estimate of drug-likeness (QED) is 0.180. The van der Waals surface area contributed by atoms with Crippen molar-refractivity contribution in [3.05, 3.63) is 120 Å². The first-order valence-electron chi connectivity index (χ1n) is 13.7. The summed E-state index contributed by atoms with van der Waals surface area (Å²) in [5, 5.41) is 6.37. The number of amides is 1.